The number of benzene rings is 3. The molecule has 6 heteroatoms. The molecule has 0 radical (unpaired) electrons. The van der Waals surface area contributed by atoms with E-state index in [4.69, 9.17) is 4.74 Å². The molecular formula is C27H23FN4O. The van der Waals surface area contributed by atoms with Gasteiger partial charge in [-0.25, -0.2) is 14.4 Å². The number of hydrogen-bond acceptors (Lipinski definition) is 3. The lowest BCUT2D eigenvalue weighted by Gasteiger charge is -2.22. The monoisotopic (exact) mass is 438 g/mol. The van der Waals surface area contributed by atoms with Crippen molar-refractivity contribution in [3.05, 3.63) is 77.8 Å². The Labute approximate surface area is 190 Å². The van der Waals surface area contributed by atoms with E-state index in [-0.39, 0.29) is 11.7 Å². The first-order chi connectivity index (χ1) is 16.0. The zero-order valence-electron chi connectivity index (χ0n) is 18.7. The number of halogens is 1. The summed E-state index contributed by atoms with van der Waals surface area (Å²) >= 11 is 0. The zero-order chi connectivity index (χ0) is 22.7. The van der Waals surface area contributed by atoms with Crippen molar-refractivity contribution in [2.24, 2.45) is 0 Å². The fourth-order valence-electron chi connectivity index (χ4n) is 4.52. The molecule has 0 bridgehead atoms. The van der Waals surface area contributed by atoms with Crippen LogP contribution in [0.15, 0.2) is 54.7 Å². The number of aromatic amines is 2. The Bertz CT molecular complexity index is 1530. The SMILES string of the molecule is Cc1nc2c3c(ccc2[nH]1)-c1ccc(-c2ccc(-c4cnc(C(C)C)[nH]4)c(F)c2)cc1CO3. The second kappa shape index (κ2) is 7.30. The molecule has 5 aromatic rings. The van der Waals surface area contributed by atoms with E-state index < -0.39 is 0 Å². The van der Waals surface area contributed by atoms with Crippen molar-refractivity contribution in [1.29, 1.82) is 0 Å². The maximum atomic E-state index is 15.0. The van der Waals surface area contributed by atoms with Gasteiger partial charge in [-0.2, -0.15) is 0 Å². The molecule has 0 atom stereocenters. The second-order valence-electron chi connectivity index (χ2n) is 8.85. The van der Waals surface area contributed by atoms with Crippen LogP contribution < -0.4 is 4.74 Å². The number of aromatic nitrogens is 4. The third kappa shape index (κ3) is 3.21. The van der Waals surface area contributed by atoms with E-state index in [2.05, 4.69) is 52.0 Å². The molecule has 0 aliphatic carbocycles. The first-order valence-corrected chi connectivity index (χ1v) is 11.1. The second-order valence-corrected chi connectivity index (χ2v) is 8.85. The Morgan fingerprint density at radius 2 is 1.70 bits per heavy atom. The summed E-state index contributed by atoms with van der Waals surface area (Å²) in [6.07, 6.45) is 1.69. The number of H-pyrrole nitrogens is 2. The van der Waals surface area contributed by atoms with Gasteiger partial charge >= 0.3 is 0 Å². The zero-order valence-corrected chi connectivity index (χ0v) is 18.7. The first-order valence-electron chi connectivity index (χ1n) is 11.1. The number of nitrogens with zero attached hydrogens (tertiary/aromatic N) is 2. The molecule has 3 heterocycles. The molecule has 0 amide bonds. The van der Waals surface area contributed by atoms with Crippen molar-refractivity contribution in [3.8, 4) is 39.3 Å². The largest absolute Gasteiger partial charge is 0.486 e. The highest BCUT2D eigenvalue weighted by atomic mass is 19.1. The fraction of sp³-hybridized carbons (Fsp3) is 0.185. The van der Waals surface area contributed by atoms with Crippen molar-refractivity contribution < 1.29 is 9.13 Å². The van der Waals surface area contributed by atoms with Crippen molar-refractivity contribution in [3.63, 3.8) is 0 Å². The van der Waals surface area contributed by atoms with Crippen LogP contribution in [0.4, 0.5) is 4.39 Å². The summed E-state index contributed by atoms with van der Waals surface area (Å²) in [5.74, 6) is 2.52. The molecule has 2 aromatic heterocycles. The molecule has 1 aliphatic heterocycles. The van der Waals surface area contributed by atoms with Crippen LogP contribution in [-0.2, 0) is 6.61 Å². The standard InChI is InChI=1S/C27H23FN4O/c1-14(2)27-29-12-24(32-27)21-7-5-17(11-22(21)28)16-4-6-19-18(10-16)13-33-26-20(19)8-9-23-25(26)31-15(3)30-23/h4-12,14H,13H2,1-3H3,(H,29,32)(H,30,31). The number of hydrogen-bond donors (Lipinski definition) is 2. The average molecular weight is 439 g/mol. The summed E-state index contributed by atoms with van der Waals surface area (Å²) in [6.45, 7) is 6.50. The molecule has 2 N–H and O–H groups in total. The predicted molar refractivity (Wildman–Crippen MR) is 128 cm³/mol. The summed E-state index contributed by atoms with van der Waals surface area (Å²) < 4.78 is 21.2. The van der Waals surface area contributed by atoms with Crippen molar-refractivity contribution >= 4 is 11.0 Å². The maximum Gasteiger partial charge on any atom is 0.155 e. The van der Waals surface area contributed by atoms with Gasteiger partial charge in [0.25, 0.3) is 0 Å². The molecule has 6 rings (SSSR count). The van der Waals surface area contributed by atoms with Crippen molar-refractivity contribution in [2.75, 3.05) is 0 Å². The van der Waals surface area contributed by atoms with Gasteiger partial charge in [0.05, 0.1) is 17.4 Å². The van der Waals surface area contributed by atoms with E-state index in [0.717, 1.165) is 56.2 Å². The van der Waals surface area contributed by atoms with E-state index >= 15 is 4.39 Å². The summed E-state index contributed by atoms with van der Waals surface area (Å²) in [4.78, 5) is 15.4. The van der Waals surface area contributed by atoms with Gasteiger partial charge in [-0.05, 0) is 59.5 Å². The van der Waals surface area contributed by atoms with Gasteiger partial charge in [-0.1, -0.05) is 32.0 Å². The first kappa shape index (κ1) is 19.7. The third-order valence-electron chi connectivity index (χ3n) is 6.23. The molecule has 0 unspecified atom stereocenters. The van der Waals surface area contributed by atoms with E-state index in [1.54, 1.807) is 12.3 Å². The van der Waals surface area contributed by atoms with E-state index in [0.29, 0.717) is 17.9 Å². The topological polar surface area (TPSA) is 66.6 Å². The van der Waals surface area contributed by atoms with Crippen LogP contribution in [0.3, 0.4) is 0 Å². The maximum absolute atomic E-state index is 15.0. The number of aryl methyl sites for hydroxylation is 1. The molecular weight excluding hydrogens is 415 g/mol. The normalized spacial score (nSPS) is 12.6. The highest BCUT2D eigenvalue weighted by Crippen LogP contribution is 2.42. The number of fused-ring (bicyclic) bond motifs is 5. The Morgan fingerprint density at radius 3 is 2.45 bits per heavy atom. The molecule has 0 saturated heterocycles. The van der Waals surface area contributed by atoms with E-state index in [1.165, 1.54) is 0 Å². The lowest BCUT2D eigenvalue weighted by atomic mass is 9.92. The summed E-state index contributed by atoms with van der Waals surface area (Å²) in [7, 11) is 0. The van der Waals surface area contributed by atoms with Crippen LogP contribution in [-0.4, -0.2) is 19.9 Å². The van der Waals surface area contributed by atoms with Gasteiger partial charge in [0.2, 0.25) is 0 Å². The lowest BCUT2D eigenvalue weighted by Crippen LogP contribution is -2.06. The number of ether oxygens (including phenoxy) is 1. The summed E-state index contributed by atoms with van der Waals surface area (Å²) in [6, 6.07) is 15.7. The number of imidazole rings is 2. The van der Waals surface area contributed by atoms with Gasteiger partial charge in [0.1, 0.15) is 29.6 Å². The quantitative estimate of drug-likeness (QED) is 0.327. The van der Waals surface area contributed by atoms with Crippen molar-refractivity contribution in [1.82, 2.24) is 19.9 Å². The van der Waals surface area contributed by atoms with Crippen LogP contribution in [0.1, 0.15) is 37.0 Å². The summed E-state index contributed by atoms with van der Waals surface area (Å²) in [5, 5.41) is 0. The van der Waals surface area contributed by atoms with Crippen LogP contribution >= 0.6 is 0 Å². The van der Waals surface area contributed by atoms with Crippen LogP contribution in [0.5, 0.6) is 5.75 Å². The molecule has 0 spiro atoms. The average Bonchev–Trinajstić information content (AvgIpc) is 3.44. The van der Waals surface area contributed by atoms with Crippen LogP contribution in [0.25, 0.3) is 44.5 Å². The number of rotatable bonds is 3. The lowest BCUT2D eigenvalue weighted by molar-refractivity contribution is 0.305. The van der Waals surface area contributed by atoms with Gasteiger partial charge < -0.3 is 14.7 Å². The molecule has 5 nitrogen and oxygen atoms in total. The smallest absolute Gasteiger partial charge is 0.155 e. The molecule has 164 valence electrons. The van der Waals surface area contributed by atoms with Gasteiger partial charge in [0, 0.05) is 17.0 Å². The van der Waals surface area contributed by atoms with E-state index in [1.807, 2.05) is 31.2 Å². The molecule has 1 aliphatic rings. The van der Waals surface area contributed by atoms with Gasteiger partial charge in [-0.3, -0.25) is 0 Å². The van der Waals surface area contributed by atoms with Crippen molar-refractivity contribution in [2.45, 2.75) is 33.3 Å². The Morgan fingerprint density at radius 1 is 0.939 bits per heavy atom. The van der Waals surface area contributed by atoms with Gasteiger partial charge in [-0.15, -0.1) is 0 Å². The predicted octanol–water partition coefficient (Wildman–Crippen LogP) is 6.75. The Hall–Kier alpha value is -3.93. The Balaban J connectivity index is 1.36. The minimum Gasteiger partial charge on any atom is -0.486 e. The van der Waals surface area contributed by atoms with E-state index in [9.17, 15) is 0 Å². The molecule has 0 saturated carbocycles. The minimum absolute atomic E-state index is 0.261. The molecule has 0 fully saturated rings. The number of nitrogens with one attached hydrogen (secondary N) is 2. The van der Waals surface area contributed by atoms with Gasteiger partial charge in [0.15, 0.2) is 5.75 Å². The fourth-order valence-corrected chi connectivity index (χ4v) is 4.52. The molecule has 33 heavy (non-hydrogen) atoms. The minimum atomic E-state index is -0.276. The summed E-state index contributed by atoms with van der Waals surface area (Å²) in [5.41, 5.74) is 8.05. The third-order valence-corrected chi connectivity index (χ3v) is 6.23. The van der Waals surface area contributed by atoms with Crippen LogP contribution in [0.2, 0.25) is 0 Å². The highest BCUT2D eigenvalue weighted by molar-refractivity contribution is 5.92. The van der Waals surface area contributed by atoms with Crippen LogP contribution in [0, 0.1) is 12.7 Å². The highest BCUT2D eigenvalue weighted by Gasteiger charge is 2.22. The Kier molecular flexibility index (Phi) is 4.37. The molecule has 3 aromatic carbocycles.